The highest BCUT2D eigenvalue weighted by molar-refractivity contribution is 5.90. The molecule has 0 unspecified atom stereocenters. The van der Waals surface area contributed by atoms with Crippen LogP contribution in [0.15, 0.2) is 78.9 Å². The largest absolute Gasteiger partial charge is 0.504 e. The zero-order valence-corrected chi connectivity index (χ0v) is 44.8. The molecule has 0 bridgehead atoms. The fourth-order valence-electron chi connectivity index (χ4n) is 9.12. The molecule has 84 heavy (non-hydrogen) atoms. The number of ether oxygens (including phenoxy) is 13. The molecular weight excluding hydrogens is 1130 g/mol. The van der Waals surface area contributed by atoms with E-state index in [4.69, 9.17) is 61.6 Å². The van der Waals surface area contributed by atoms with Crippen molar-refractivity contribution in [2.45, 2.75) is 130 Å². The zero-order valence-electron chi connectivity index (χ0n) is 44.8. The lowest BCUT2D eigenvalue weighted by molar-refractivity contribution is -0.421. The van der Waals surface area contributed by atoms with Crippen molar-refractivity contribution in [3.8, 4) is 23.0 Å². The summed E-state index contributed by atoms with van der Waals surface area (Å²) in [5.41, 5.74) is 0.267. The first-order chi connectivity index (χ1) is 40.0. The van der Waals surface area contributed by atoms with E-state index in [1.165, 1.54) is 61.7 Å². The number of hydrogen-bond acceptors (Lipinski definition) is 30. The predicted molar refractivity (Wildman–Crippen MR) is 273 cm³/mol. The Morgan fingerprint density at radius 1 is 0.548 bits per heavy atom. The molecule has 7 rings (SSSR count). The second-order valence-electron chi connectivity index (χ2n) is 19.4. The maximum Gasteiger partial charge on any atom is 0.338 e. The van der Waals surface area contributed by atoms with Crippen molar-refractivity contribution < 1.29 is 147 Å². The van der Waals surface area contributed by atoms with Gasteiger partial charge in [-0.3, -0.25) is 9.59 Å². The summed E-state index contributed by atoms with van der Waals surface area (Å²) in [5, 5.41) is 130. The molecule has 0 aliphatic carbocycles. The molecule has 0 radical (unpaired) electrons. The number of methoxy groups -OCH3 is 1. The monoisotopic (exact) mass is 1190 g/mol. The molecule has 3 aromatic rings. The van der Waals surface area contributed by atoms with Gasteiger partial charge in [0.25, 0.3) is 0 Å². The average Bonchev–Trinajstić information content (AvgIpc) is 1.97. The van der Waals surface area contributed by atoms with Gasteiger partial charge in [-0.25, -0.2) is 14.4 Å². The third kappa shape index (κ3) is 15.5. The van der Waals surface area contributed by atoms with Crippen molar-refractivity contribution in [3.05, 3.63) is 95.6 Å². The van der Waals surface area contributed by atoms with E-state index in [1.807, 2.05) is 0 Å². The Balaban J connectivity index is 1.40. The molecule has 12 N–H and O–H groups in total. The minimum Gasteiger partial charge on any atom is -0.504 e. The van der Waals surface area contributed by atoms with Crippen molar-refractivity contribution in [3.63, 3.8) is 0 Å². The first kappa shape index (κ1) is 64.6. The summed E-state index contributed by atoms with van der Waals surface area (Å²) in [5.74, 6) is -9.87. The number of esters is 5. The highest BCUT2D eigenvalue weighted by atomic mass is 16.8. The van der Waals surface area contributed by atoms with E-state index in [2.05, 4.69) is 0 Å². The number of benzene rings is 3. The van der Waals surface area contributed by atoms with Crippen LogP contribution in [-0.4, -0.2) is 247 Å². The smallest absolute Gasteiger partial charge is 0.338 e. The SMILES string of the molecule is COc1cc(C=CC(=O)O[C@H]2[C@H](O[C@@H]3O[C@H](COC(C)=O)[C@@H](O)[C@H](O)[C@H]3O)[C@@H](O[C@@H]3O[C@H](CO)[C@@H](O)[C@H](O)[C@H]3O)[C@@H](O[C@]3(COC(=O)C=Cc4ccc(O)c(O)c4)O[C@H](CO)[C@@H](O)[C@@H]3OC(=O)c3ccccc3)O[C@@H]2COC(C)=O)ccc1O. The summed E-state index contributed by atoms with van der Waals surface area (Å²) in [6.45, 7) is -3.17. The lowest BCUT2D eigenvalue weighted by Crippen LogP contribution is -2.69. The van der Waals surface area contributed by atoms with Gasteiger partial charge in [-0.05, 0) is 59.7 Å². The van der Waals surface area contributed by atoms with E-state index in [1.54, 1.807) is 6.07 Å². The van der Waals surface area contributed by atoms with E-state index in [-0.39, 0.29) is 28.2 Å². The molecule has 4 saturated heterocycles. The van der Waals surface area contributed by atoms with Crippen LogP contribution in [0.3, 0.4) is 0 Å². The number of rotatable bonds is 22. The highest BCUT2D eigenvalue weighted by Crippen LogP contribution is 2.42. The van der Waals surface area contributed by atoms with E-state index >= 15 is 0 Å². The summed E-state index contributed by atoms with van der Waals surface area (Å²) in [4.78, 5) is 66.4. The number of aliphatic hydroxyl groups excluding tert-OH is 9. The fraction of sp³-hybridized carbons (Fsp3) is 0.500. The molecule has 19 atom stereocenters. The number of phenolic OH excluding ortho intramolecular Hbond substituents is 3. The molecule has 460 valence electrons. The average molecular weight is 1190 g/mol. The van der Waals surface area contributed by atoms with Crippen LogP contribution >= 0.6 is 0 Å². The third-order valence-electron chi connectivity index (χ3n) is 13.5. The van der Waals surface area contributed by atoms with Gasteiger partial charge >= 0.3 is 29.8 Å². The van der Waals surface area contributed by atoms with Crippen LogP contribution in [-0.2, 0) is 76.0 Å². The van der Waals surface area contributed by atoms with Crippen molar-refractivity contribution in [1.82, 2.24) is 0 Å². The second-order valence-corrected chi connectivity index (χ2v) is 19.4. The van der Waals surface area contributed by atoms with Crippen LogP contribution in [0.5, 0.6) is 23.0 Å². The van der Waals surface area contributed by atoms with Crippen LogP contribution in [0, 0.1) is 0 Å². The summed E-state index contributed by atoms with van der Waals surface area (Å²) in [7, 11) is 1.26. The normalized spacial score (nSPS) is 33.3. The number of hydrogen-bond donors (Lipinski definition) is 12. The van der Waals surface area contributed by atoms with Crippen molar-refractivity contribution >= 4 is 42.0 Å². The van der Waals surface area contributed by atoms with Gasteiger partial charge in [0, 0.05) is 26.0 Å². The molecule has 4 aliphatic rings. The molecule has 4 heterocycles. The Morgan fingerprint density at radius 2 is 1.10 bits per heavy atom. The molecule has 0 amide bonds. The van der Waals surface area contributed by atoms with Gasteiger partial charge in [-0.2, -0.15) is 0 Å². The van der Waals surface area contributed by atoms with Gasteiger partial charge in [-0.1, -0.05) is 30.3 Å². The first-order valence-corrected chi connectivity index (χ1v) is 25.7. The summed E-state index contributed by atoms with van der Waals surface area (Å²) in [6.07, 6.45) is -34.3. The summed E-state index contributed by atoms with van der Waals surface area (Å²) >= 11 is 0. The van der Waals surface area contributed by atoms with E-state index in [0.29, 0.717) is 0 Å². The van der Waals surface area contributed by atoms with E-state index in [9.17, 15) is 85.3 Å². The third-order valence-corrected chi connectivity index (χ3v) is 13.5. The van der Waals surface area contributed by atoms with Crippen LogP contribution in [0.4, 0.5) is 0 Å². The summed E-state index contributed by atoms with van der Waals surface area (Å²) < 4.78 is 76.3. The van der Waals surface area contributed by atoms with Crippen molar-refractivity contribution in [2.24, 2.45) is 0 Å². The predicted octanol–water partition coefficient (Wildman–Crippen LogP) is -3.09. The minimum absolute atomic E-state index is 0.00828. The van der Waals surface area contributed by atoms with Gasteiger partial charge < -0.3 is 123 Å². The lowest BCUT2D eigenvalue weighted by Gasteiger charge is -2.50. The van der Waals surface area contributed by atoms with Gasteiger partial charge in [0.05, 0.1) is 25.9 Å². The quantitative estimate of drug-likeness (QED) is 0.0205. The fourth-order valence-corrected chi connectivity index (χ4v) is 9.12. The highest BCUT2D eigenvalue weighted by Gasteiger charge is 2.64. The van der Waals surface area contributed by atoms with Crippen LogP contribution in [0.1, 0.15) is 35.3 Å². The molecule has 0 spiro atoms. The maximum atomic E-state index is 14.2. The Bertz CT molecular complexity index is 2790. The Kier molecular flexibility index (Phi) is 22.1. The van der Waals surface area contributed by atoms with E-state index in [0.717, 1.165) is 44.2 Å². The van der Waals surface area contributed by atoms with Gasteiger partial charge in [0.2, 0.25) is 5.79 Å². The number of carbonyl (C=O) groups is 5. The molecule has 30 nitrogen and oxygen atoms in total. The van der Waals surface area contributed by atoms with Crippen molar-refractivity contribution in [1.29, 1.82) is 0 Å². The minimum atomic E-state index is -2.97. The first-order valence-electron chi connectivity index (χ1n) is 25.7. The second kappa shape index (κ2) is 28.8. The number of carbonyl (C=O) groups excluding carboxylic acids is 5. The molecule has 30 heteroatoms. The van der Waals surface area contributed by atoms with Crippen LogP contribution in [0.25, 0.3) is 12.2 Å². The Labute approximate surface area is 476 Å². The topological polar surface area (TPSA) is 448 Å². The molecule has 3 aromatic carbocycles. The number of aliphatic hydroxyl groups is 9. The van der Waals surface area contributed by atoms with Crippen LogP contribution < -0.4 is 4.74 Å². The Morgan fingerprint density at radius 3 is 1.69 bits per heavy atom. The molecule has 4 aliphatic heterocycles. The number of aromatic hydroxyl groups is 3. The van der Waals surface area contributed by atoms with Gasteiger partial charge in [-0.15, -0.1) is 0 Å². The molecule has 0 saturated carbocycles. The molecule has 0 aromatic heterocycles. The van der Waals surface area contributed by atoms with Crippen LogP contribution in [0.2, 0.25) is 0 Å². The Hall–Kier alpha value is -6.95. The lowest BCUT2D eigenvalue weighted by atomic mass is 9.95. The van der Waals surface area contributed by atoms with Gasteiger partial charge in [0.15, 0.2) is 54.1 Å². The van der Waals surface area contributed by atoms with E-state index < -0.39 is 191 Å². The molecular formula is C54H64O30. The van der Waals surface area contributed by atoms with Crippen molar-refractivity contribution in [2.75, 3.05) is 40.1 Å². The maximum absolute atomic E-state index is 14.2. The van der Waals surface area contributed by atoms with Gasteiger partial charge in [0.1, 0.15) is 99.2 Å². The zero-order chi connectivity index (χ0) is 61.2. The number of phenols is 3. The molecule has 4 fully saturated rings. The summed E-state index contributed by atoms with van der Waals surface area (Å²) in [6, 6.07) is 14.5. The standard InChI is InChI=1S/C54H64O30/c1-24(57)73-21-35-40(65)43(68)45(70)52(77-35)80-47-46(79-38(63)16-12-27-10-14-30(60)32(18-27)72-3)36(22-74-25(2)58)78-53(48(47)81-51-44(69)42(67)39(64)33(19-55)76-51)84-54(23-75-37(62)15-11-26-9-13-29(59)31(61)17-26)49(41(66)34(20-56)83-54)82-50(71)28-7-5-4-6-8-28/h4-18,33-36,39-49,51-53,55-56,59-61,64-70H,19-23H2,1-3H3/t33-,34-,35-,36-,39-,40-,41-,42+,43+,44-,45-,46-,47+,48-,49+,51+,52+,53-,54+/m1/s1.